The van der Waals surface area contributed by atoms with E-state index < -0.39 is 12.0 Å². The first-order chi connectivity index (χ1) is 5.86. The van der Waals surface area contributed by atoms with Crippen molar-refractivity contribution in [2.45, 2.75) is 32.9 Å². The van der Waals surface area contributed by atoms with Crippen molar-refractivity contribution in [3.05, 3.63) is 0 Å². The summed E-state index contributed by atoms with van der Waals surface area (Å²) in [4.78, 5) is 21.6. The van der Waals surface area contributed by atoms with Gasteiger partial charge in [0.2, 0.25) is 5.91 Å². The molecule has 5 heteroatoms. The Kier molecular flexibility index (Phi) is 4.40. The Morgan fingerprint density at radius 2 is 1.77 bits per heavy atom. The first-order valence-corrected chi connectivity index (χ1v) is 4.15. The largest absolute Gasteiger partial charge is 0.480 e. The minimum Gasteiger partial charge on any atom is -0.480 e. The summed E-state index contributed by atoms with van der Waals surface area (Å²) in [5.41, 5.74) is 5.48. The van der Waals surface area contributed by atoms with Crippen LogP contribution in [0.5, 0.6) is 0 Å². The van der Waals surface area contributed by atoms with E-state index in [2.05, 4.69) is 5.32 Å². The van der Waals surface area contributed by atoms with E-state index >= 15 is 0 Å². The number of carboxylic acids is 1. The topological polar surface area (TPSA) is 92.4 Å². The zero-order valence-corrected chi connectivity index (χ0v) is 8.07. The van der Waals surface area contributed by atoms with E-state index in [9.17, 15) is 9.59 Å². The predicted molar refractivity (Wildman–Crippen MR) is 48.1 cm³/mol. The third kappa shape index (κ3) is 3.89. The maximum absolute atomic E-state index is 11.2. The van der Waals surface area contributed by atoms with Crippen LogP contribution in [-0.2, 0) is 9.59 Å². The maximum atomic E-state index is 11.2. The quantitative estimate of drug-likeness (QED) is 0.557. The summed E-state index contributed by atoms with van der Waals surface area (Å²) in [6, 6.07) is -1.14. The Balaban J connectivity index is 4.08. The van der Waals surface area contributed by atoms with Crippen molar-refractivity contribution in [3.8, 4) is 0 Å². The fourth-order valence-electron chi connectivity index (χ4n) is 0.645. The predicted octanol–water partition coefficient (Wildman–Crippen LogP) is -0.441. The summed E-state index contributed by atoms with van der Waals surface area (Å²) in [6.07, 6.45) is 0. The molecule has 0 bridgehead atoms. The zero-order valence-electron chi connectivity index (χ0n) is 8.07. The standard InChI is InChI=1S/C8H16N2O3/c1-4(5(2)9)7(11)10-6(3)8(12)13/h4-6H,9H2,1-3H3,(H,10,11)(H,12,13). The van der Waals surface area contributed by atoms with E-state index in [1.807, 2.05) is 0 Å². The minimum absolute atomic E-state index is 0.277. The molecule has 76 valence electrons. The number of nitrogens with one attached hydrogen (secondary N) is 1. The second-order valence-corrected chi connectivity index (χ2v) is 3.22. The summed E-state index contributed by atoms with van der Waals surface area (Å²) >= 11 is 0. The Labute approximate surface area is 77.3 Å². The smallest absolute Gasteiger partial charge is 0.325 e. The molecule has 0 rings (SSSR count). The Morgan fingerprint density at radius 1 is 1.31 bits per heavy atom. The fourth-order valence-corrected chi connectivity index (χ4v) is 0.645. The number of hydrogen-bond acceptors (Lipinski definition) is 3. The highest BCUT2D eigenvalue weighted by molar-refractivity contribution is 5.84. The van der Waals surface area contributed by atoms with Gasteiger partial charge in [-0.2, -0.15) is 0 Å². The van der Waals surface area contributed by atoms with E-state index in [1.54, 1.807) is 13.8 Å². The summed E-state index contributed by atoms with van der Waals surface area (Å²) in [7, 11) is 0. The second kappa shape index (κ2) is 4.81. The average molecular weight is 188 g/mol. The zero-order chi connectivity index (χ0) is 10.6. The Bertz CT molecular complexity index is 204. The number of carboxylic acid groups (broad SMARTS) is 1. The van der Waals surface area contributed by atoms with E-state index in [-0.39, 0.29) is 17.9 Å². The lowest BCUT2D eigenvalue weighted by atomic mass is 10.0. The SMILES string of the molecule is CC(NC(=O)C(C)C(C)N)C(=O)O. The van der Waals surface area contributed by atoms with Crippen molar-refractivity contribution in [3.63, 3.8) is 0 Å². The lowest BCUT2D eigenvalue weighted by Gasteiger charge is -2.17. The molecule has 0 radical (unpaired) electrons. The second-order valence-electron chi connectivity index (χ2n) is 3.22. The molecule has 0 saturated heterocycles. The molecule has 0 aliphatic carbocycles. The van der Waals surface area contributed by atoms with Crippen molar-refractivity contribution < 1.29 is 14.7 Å². The molecule has 0 fully saturated rings. The van der Waals surface area contributed by atoms with Gasteiger partial charge in [0.05, 0.1) is 0 Å². The first-order valence-electron chi connectivity index (χ1n) is 4.15. The number of hydrogen-bond donors (Lipinski definition) is 3. The molecule has 3 unspecified atom stereocenters. The van der Waals surface area contributed by atoms with Gasteiger partial charge in [0.25, 0.3) is 0 Å². The molecule has 0 aliphatic rings. The maximum Gasteiger partial charge on any atom is 0.325 e. The first kappa shape index (κ1) is 11.9. The molecule has 5 nitrogen and oxygen atoms in total. The van der Waals surface area contributed by atoms with Crippen LogP contribution in [0.4, 0.5) is 0 Å². The van der Waals surface area contributed by atoms with E-state index in [0.29, 0.717) is 0 Å². The normalized spacial score (nSPS) is 17.2. The molecule has 1 amide bonds. The number of rotatable bonds is 4. The van der Waals surface area contributed by atoms with Gasteiger partial charge >= 0.3 is 5.97 Å². The Morgan fingerprint density at radius 3 is 2.08 bits per heavy atom. The number of aliphatic carboxylic acids is 1. The number of nitrogens with two attached hydrogens (primary N) is 1. The van der Waals surface area contributed by atoms with Gasteiger partial charge in [0.1, 0.15) is 6.04 Å². The van der Waals surface area contributed by atoms with Crippen LogP contribution in [0.1, 0.15) is 20.8 Å². The molecular formula is C8H16N2O3. The minimum atomic E-state index is -1.05. The molecule has 0 aromatic heterocycles. The van der Waals surface area contributed by atoms with Crippen molar-refractivity contribution in [2.24, 2.45) is 11.7 Å². The molecule has 0 saturated carbocycles. The van der Waals surface area contributed by atoms with Crippen LogP contribution in [0.15, 0.2) is 0 Å². The summed E-state index contributed by atoms with van der Waals surface area (Å²) in [5, 5.41) is 10.8. The molecule has 0 aromatic carbocycles. The average Bonchev–Trinajstić information content (AvgIpc) is 2.02. The van der Waals surface area contributed by atoms with Crippen molar-refractivity contribution in [1.82, 2.24) is 5.32 Å². The van der Waals surface area contributed by atoms with Gasteiger partial charge in [-0.3, -0.25) is 9.59 Å². The number of amides is 1. The lowest BCUT2D eigenvalue weighted by Crippen LogP contribution is -2.45. The van der Waals surface area contributed by atoms with Crippen molar-refractivity contribution in [2.75, 3.05) is 0 Å². The third-order valence-corrected chi connectivity index (χ3v) is 1.93. The van der Waals surface area contributed by atoms with Crippen LogP contribution in [0.25, 0.3) is 0 Å². The lowest BCUT2D eigenvalue weighted by molar-refractivity contribution is -0.141. The third-order valence-electron chi connectivity index (χ3n) is 1.93. The molecule has 3 atom stereocenters. The van der Waals surface area contributed by atoms with Gasteiger partial charge in [-0.05, 0) is 13.8 Å². The molecule has 4 N–H and O–H groups in total. The van der Waals surface area contributed by atoms with Gasteiger partial charge in [0, 0.05) is 12.0 Å². The molecule has 13 heavy (non-hydrogen) atoms. The van der Waals surface area contributed by atoms with Crippen molar-refractivity contribution in [1.29, 1.82) is 0 Å². The van der Waals surface area contributed by atoms with E-state index in [1.165, 1.54) is 6.92 Å². The molecule has 0 aromatic rings. The summed E-state index contributed by atoms with van der Waals surface area (Å²) in [5.74, 6) is -1.75. The van der Waals surface area contributed by atoms with Gasteiger partial charge < -0.3 is 16.2 Å². The van der Waals surface area contributed by atoms with E-state index in [0.717, 1.165) is 0 Å². The number of carbonyl (C=O) groups is 2. The molecular weight excluding hydrogens is 172 g/mol. The Hall–Kier alpha value is -1.10. The monoisotopic (exact) mass is 188 g/mol. The number of carbonyl (C=O) groups excluding carboxylic acids is 1. The van der Waals surface area contributed by atoms with Crippen molar-refractivity contribution >= 4 is 11.9 Å². The van der Waals surface area contributed by atoms with Gasteiger partial charge in [0.15, 0.2) is 0 Å². The highest BCUT2D eigenvalue weighted by Gasteiger charge is 2.21. The van der Waals surface area contributed by atoms with Gasteiger partial charge in [-0.1, -0.05) is 6.92 Å². The molecule has 0 spiro atoms. The van der Waals surface area contributed by atoms with Gasteiger partial charge in [-0.25, -0.2) is 0 Å². The van der Waals surface area contributed by atoms with Crippen LogP contribution < -0.4 is 11.1 Å². The molecule has 0 aliphatic heterocycles. The van der Waals surface area contributed by atoms with Crippen LogP contribution in [0.2, 0.25) is 0 Å². The summed E-state index contributed by atoms with van der Waals surface area (Å²) in [6.45, 7) is 4.78. The summed E-state index contributed by atoms with van der Waals surface area (Å²) < 4.78 is 0. The molecule has 0 heterocycles. The van der Waals surface area contributed by atoms with E-state index in [4.69, 9.17) is 10.8 Å². The van der Waals surface area contributed by atoms with Crippen LogP contribution in [-0.4, -0.2) is 29.1 Å². The van der Waals surface area contributed by atoms with Gasteiger partial charge in [-0.15, -0.1) is 0 Å². The fraction of sp³-hybridized carbons (Fsp3) is 0.750. The highest BCUT2D eigenvalue weighted by Crippen LogP contribution is 1.99. The van der Waals surface area contributed by atoms with Crippen LogP contribution in [0, 0.1) is 5.92 Å². The van der Waals surface area contributed by atoms with Crippen LogP contribution in [0.3, 0.4) is 0 Å². The highest BCUT2D eigenvalue weighted by atomic mass is 16.4. The van der Waals surface area contributed by atoms with Crippen LogP contribution >= 0.6 is 0 Å².